The summed E-state index contributed by atoms with van der Waals surface area (Å²) in [6.45, 7) is 7.49. The molecule has 1 radical (unpaired) electrons. The molecule has 5 aromatic carbocycles. The van der Waals surface area contributed by atoms with Gasteiger partial charge >= 0.3 is 0 Å². The number of para-hydroxylation sites is 3. The van der Waals surface area contributed by atoms with Crippen LogP contribution >= 0.6 is 0 Å². The molecule has 10 rings (SSSR count). The molecule has 59 heavy (non-hydrogen) atoms. The van der Waals surface area contributed by atoms with E-state index in [1.807, 2.05) is 143 Å². The summed E-state index contributed by atoms with van der Waals surface area (Å²) in [5.41, 5.74) is 8.83. The van der Waals surface area contributed by atoms with E-state index in [9.17, 15) is 4.39 Å². The summed E-state index contributed by atoms with van der Waals surface area (Å²) >= 11 is 0. The van der Waals surface area contributed by atoms with E-state index in [2.05, 4.69) is 26.7 Å². The Morgan fingerprint density at radius 1 is 0.695 bits per heavy atom. The van der Waals surface area contributed by atoms with Crippen LogP contribution in [-0.2, 0) is 20.1 Å². The van der Waals surface area contributed by atoms with Gasteiger partial charge in [-0.25, -0.2) is 9.97 Å². The number of oxazole rings is 1. The van der Waals surface area contributed by atoms with Crippen LogP contribution in [0.2, 0.25) is 0 Å². The maximum Gasteiger partial charge on any atom is 0.245 e. The number of pyridine rings is 2. The first kappa shape index (κ1) is 36.8. The van der Waals surface area contributed by atoms with Crippen molar-refractivity contribution in [1.29, 1.82) is 0 Å². The fourth-order valence-electron chi connectivity index (χ4n) is 7.13. The number of hydrogen-bond donors (Lipinski definition) is 0. The maximum atomic E-state index is 12.6. The van der Waals surface area contributed by atoms with E-state index in [0.29, 0.717) is 40.0 Å². The number of fused-ring (bicyclic) bond motifs is 4. The Labute approximate surface area is 357 Å². The Bertz CT molecular complexity index is 3100. The van der Waals surface area contributed by atoms with Crippen LogP contribution in [0.3, 0.4) is 0 Å². The summed E-state index contributed by atoms with van der Waals surface area (Å²) in [7, 11) is 0. The van der Waals surface area contributed by atoms with E-state index >= 15 is 0 Å². The molecule has 10 aromatic rings. The van der Waals surface area contributed by atoms with Crippen LogP contribution in [0.1, 0.15) is 53.4 Å². The largest absolute Gasteiger partial charge is 0.486 e. The van der Waals surface area contributed by atoms with Crippen LogP contribution < -0.4 is 0 Å². The van der Waals surface area contributed by atoms with E-state index in [0.717, 1.165) is 55.4 Å². The zero-order valence-electron chi connectivity index (χ0n) is 34.6. The molecule has 7 nitrogen and oxygen atoms in total. The van der Waals surface area contributed by atoms with Gasteiger partial charge < -0.3 is 18.4 Å². The number of imidazole rings is 1. The maximum absolute atomic E-state index is 12.6. The number of halogens is 1. The van der Waals surface area contributed by atoms with Crippen LogP contribution in [0.15, 0.2) is 155 Å². The third kappa shape index (κ3) is 7.63. The van der Waals surface area contributed by atoms with Crippen LogP contribution in [0.4, 0.5) is 4.39 Å². The number of furan rings is 1. The van der Waals surface area contributed by atoms with Crippen molar-refractivity contribution < 1.29 is 36.1 Å². The second kappa shape index (κ2) is 16.7. The van der Waals surface area contributed by atoms with E-state index in [-0.39, 0.29) is 25.9 Å². The quantitative estimate of drug-likeness (QED) is 0.148. The van der Waals surface area contributed by atoms with Crippen molar-refractivity contribution in [3.05, 3.63) is 175 Å². The van der Waals surface area contributed by atoms with Crippen molar-refractivity contribution in [3.8, 4) is 51.2 Å². The number of rotatable bonds is 7. The van der Waals surface area contributed by atoms with Gasteiger partial charge in [-0.05, 0) is 58.9 Å². The molecule has 5 aromatic heterocycles. The molecule has 0 fully saturated rings. The van der Waals surface area contributed by atoms with Gasteiger partial charge in [0.15, 0.2) is 5.76 Å². The van der Waals surface area contributed by atoms with Crippen molar-refractivity contribution in [2.45, 2.75) is 39.5 Å². The van der Waals surface area contributed by atoms with Crippen molar-refractivity contribution >= 4 is 33.1 Å². The number of benzene rings is 5. The number of aromatic nitrogens is 5. The minimum absolute atomic E-state index is 0. The molecule has 0 saturated carbocycles. The van der Waals surface area contributed by atoms with E-state index in [1.54, 1.807) is 18.5 Å². The van der Waals surface area contributed by atoms with Crippen LogP contribution in [0.25, 0.3) is 84.3 Å². The fraction of sp³-hybridized carbons (Fsp3) is 0.120. The van der Waals surface area contributed by atoms with Gasteiger partial charge in [-0.15, -0.1) is 48.0 Å². The molecule has 0 unspecified atom stereocenters. The molecular formula is C50H38FIrN5O2-2. The van der Waals surface area contributed by atoms with Crippen molar-refractivity contribution in [1.82, 2.24) is 24.5 Å². The number of hydrogen-bond acceptors (Lipinski definition) is 6. The second-order valence-electron chi connectivity index (χ2n) is 14.2. The van der Waals surface area contributed by atoms with Crippen molar-refractivity contribution in [3.63, 3.8) is 0 Å². The predicted octanol–water partition coefficient (Wildman–Crippen LogP) is 13.0. The molecule has 0 bridgehead atoms. The molecule has 0 atom stereocenters. The first-order valence-electron chi connectivity index (χ1n) is 19.9. The molecule has 0 aliphatic carbocycles. The normalized spacial score (nSPS) is 12.2. The molecule has 0 aliphatic rings. The first-order chi connectivity index (χ1) is 28.9. The second-order valence-corrected chi connectivity index (χ2v) is 14.2. The molecule has 0 N–H and O–H groups in total. The smallest absolute Gasteiger partial charge is 0.245 e. The topological polar surface area (TPSA) is 82.8 Å². The van der Waals surface area contributed by atoms with Gasteiger partial charge in [0, 0.05) is 51.5 Å². The van der Waals surface area contributed by atoms with Crippen molar-refractivity contribution in [2.24, 2.45) is 0 Å². The van der Waals surface area contributed by atoms with Gasteiger partial charge in [0.1, 0.15) is 5.69 Å². The molecule has 0 spiro atoms. The average molecular weight is 954 g/mol. The Morgan fingerprint density at radius 2 is 1.46 bits per heavy atom. The van der Waals surface area contributed by atoms with Gasteiger partial charge in [0.25, 0.3) is 0 Å². The Kier molecular flexibility index (Phi) is 10.4. The minimum Gasteiger partial charge on any atom is -0.486 e. The summed E-state index contributed by atoms with van der Waals surface area (Å²) in [5, 5.41) is 1.72. The Hall–Kier alpha value is -6.54. The minimum atomic E-state index is -0.949. The fourth-order valence-corrected chi connectivity index (χ4v) is 7.13. The SMILES string of the molecule is Fc1c[c-]c(-c2ccccn2)cc1.[2H]C(C)(C)c1cccc(C([2H])(C)C)c1-n1c(-c2[c-]ccc3c2oc2nc(-c4ncc(-c5ccccc5)o4)ccc23)nc2ccccc21.[Ir]. The zero-order valence-corrected chi connectivity index (χ0v) is 35.0. The molecule has 9 heteroatoms. The molecule has 5 heterocycles. The van der Waals surface area contributed by atoms with E-state index in [1.165, 1.54) is 12.1 Å². The number of nitrogens with zero attached hydrogens (tertiary/aromatic N) is 5. The third-order valence-corrected chi connectivity index (χ3v) is 9.92. The Morgan fingerprint density at radius 3 is 2.19 bits per heavy atom. The average Bonchev–Trinajstić information content (AvgIpc) is 4.00. The van der Waals surface area contributed by atoms with Gasteiger partial charge in [-0.2, -0.15) is 0 Å². The predicted molar refractivity (Wildman–Crippen MR) is 228 cm³/mol. The molecule has 0 aliphatic heterocycles. The van der Waals surface area contributed by atoms with E-state index in [4.69, 9.17) is 21.5 Å². The monoisotopic (exact) mass is 954 g/mol. The molecule has 0 amide bonds. The van der Waals surface area contributed by atoms with Gasteiger partial charge in [0.05, 0.1) is 28.6 Å². The van der Waals surface area contributed by atoms with Gasteiger partial charge in [-0.1, -0.05) is 111 Å². The van der Waals surface area contributed by atoms with Crippen LogP contribution in [0, 0.1) is 17.9 Å². The molecular weight excluding hydrogens is 914 g/mol. The van der Waals surface area contributed by atoms with Crippen molar-refractivity contribution in [2.75, 3.05) is 0 Å². The standard InChI is InChI=1S/C39H31N4O2.C11H7FN.Ir/c1-23(2)26-14-10-15-27(24(3)4)35(26)43-33-19-9-8-18-31(33)41-37(43)30-17-11-16-28-29-20-21-32(42-38(29)45-36(28)30)39-40-22-34(44-39)25-12-6-5-7-13-25;12-10-6-4-9(5-7-10)11-3-1-2-8-13-11;/h5-16,18-24H,1-4H3;1-4,6-8H;/q2*-1;/i23D,24D;;. The summed E-state index contributed by atoms with van der Waals surface area (Å²) in [6, 6.07) is 47.5. The summed E-state index contributed by atoms with van der Waals surface area (Å²) < 4.78 is 45.4. The zero-order chi connectivity index (χ0) is 41.6. The summed E-state index contributed by atoms with van der Waals surface area (Å²) in [4.78, 5) is 18.6. The molecule has 293 valence electrons. The van der Waals surface area contributed by atoms with Gasteiger partial charge in [0.2, 0.25) is 11.6 Å². The summed E-state index contributed by atoms with van der Waals surface area (Å²) in [6.07, 6.45) is 3.40. The van der Waals surface area contributed by atoms with E-state index < -0.39 is 11.8 Å². The molecule has 0 saturated heterocycles. The summed E-state index contributed by atoms with van der Waals surface area (Å²) in [5.74, 6) is -0.503. The first-order valence-corrected chi connectivity index (χ1v) is 18.9. The Balaban J connectivity index is 0.000000313. The van der Waals surface area contributed by atoms with Crippen LogP contribution in [0.5, 0.6) is 0 Å². The third-order valence-electron chi connectivity index (χ3n) is 9.92. The van der Waals surface area contributed by atoms with Crippen LogP contribution in [-0.4, -0.2) is 24.5 Å². The van der Waals surface area contributed by atoms with Gasteiger partial charge in [-0.3, -0.25) is 9.37 Å².